The second kappa shape index (κ2) is 11.3. The lowest BCUT2D eigenvalue weighted by atomic mass is 10.00. The molecule has 188 valence electrons. The van der Waals surface area contributed by atoms with Crippen molar-refractivity contribution in [1.29, 1.82) is 0 Å². The molecule has 0 fully saturated rings. The first-order valence-electron chi connectivity index (χ1n) is 11.4. The van der Waals surface area contributed by atoms with Crippen molar-refractivity contribution >= 4 is 39.9 Å². The molecule has 10 heteroatoms. The van der Waals surface area contributed by atoms with Gasteiger partial charge in [0.05, 0.1) is 36.4 Å². The molecule has 4 rings (SSSR count). The van der Waals surface area contributed by atoms with Gasteiger partial charge in [0.15, 0.2) is 0 Å². The normalized spacial score (nSPS) is 10.6. The molecule has 0 bridgehead atoms. The van der Waals surface area contributed by atoms with E-state index in [1.54, 1.807) is 43.2 Å². The molecule has 0 saturated heterocycles. The minimum Gasteiger partial charge on any atom is -0.380 e. The number of hydrogen-bond donors (Lipinski definition) is 3. The summed E-state index contributed by atoms with van der Waals surface area (Å²) in [4.78, 5) is 41.4. The molecule has 2 heterocycles. The number of anilines is 2. The summed E-state index contributed by atoms with van der Waals surface area (Å²) >= 11 is 0. The number of rotatable bonds is 9. The second-order valence-electron chi connectivity index (χ2n) is 8.20. The van der Waals surface area contributed by atoms with Gasteiger partial charge in [0.2, 0.25) is 11.8 Å². The molecule has 0 aliphatic heterocycles. The lowest BCUT2D eigenvalue weighted by molar-refractivity contribution is -0.115. The highest BCUT2D eigenvalue weighted by Gasteiger charge is 2.14. The van der Waals surface area contributed by atoms with E-state index in [1.807, 2.05) is 30.3 Å². The fraction of sp³-hybridized carbons (Fsp3) is 0.148. The summed E-state index contributed by atoms with van der Waals surface area (Å²) in [5, 5.41) is 13.8. The number of aryl methyl sites for hydroxylation is 1. The van der Waals surface area contributed by atoms with Crippen LogP contribution in [0.4, 0.5) is 11.4 Å². The van der Waals surface area contributed by atoms with Gasteiger partial charge in [-0.1, -0.05) is 36.9 Å². The Morgan fingerprint density at radius 2 is 1.92 bits per heavy atom. The van der Waals surface area contributed by atoms with E-state index in [1.165, 1.54) is 12.3 Å². The number of nitrogens with one attached hydrogen (secondary N) is 3. The van der Waals surface area contributed by atoms with Crippen LogP contribution in [0.5, 0.6) is 0 Å². The zero-order valence-electron chi connectivity index (χ0n) is 20.4. The van der Waals surface area contributed by atoms with Crippen LogP contribution in [0.25, 0.3) is 22.0 Å². The Labute approximate surface area is 213 Å². The van der Waals surface area contributed by atoms with Gasteiger partial charge >= 0.3 is 0 Å². The first-order valence-corrected chi connectivity index (χ1v) is 11.4. The van der Waals surface area contributed by atoms with Crippen LogP contribution in [0.1, 0.15) is 16.1 Å². The van der Waals surface area contributed by atoms with Crippen LogP contribution in [0.3, 0.4) is 0 Å². The number of benzene rings is 2. The van der Waals surface area contributed by atoms with Crippen LogP contribution >= 0.6 is 0 Å². The quantitative estimate of drug-likeness (QED) is 0.304. The standard InChI is InChI=1S/C27H26N6O4/c1-4-24(34)32-26-19(16-37-3)11-9-17-8-10-18(12-21(17)26)22-6-5-7-23(31-22)27(36)28-14-25(35)30-20-13-29-33(2)15-20/h4-13,15H,1,14,16H2,2-3H3,(H,28,36)(H,30,35)(H,32,34). The predicted molar refractivity (Wildman–Crippen MR) is 141 cm³/mol. The minimum absolute atomic E-state index is 0.167. The number of carbonyl (C=O) groups is 3. The third-order valence-electron chi connectivity index (χ3n) is 5.52. The SMILES string of the molecule is C=CC(=O)Nc1c(COC)ccc2ccc(-c3cccc(C(=O)NCC(=O)Nc4cnn(C)c4)n3)cc12. The van der Waals surface area contributed by atoms with Crippen molar-refractivity contribution in [3.63, 3.8) is 0 Å². The molecule has 0 aliphatic rings. The topological polar surface area (TPSA) is 127 Å². The number of ether oxygens (including phenoxy) is 1. The van der Waals surface area contributed by atoms with Gasteiger partial charge in [-0.3, -0.25) is 19.1 Å². The molecule has 10 nitrogen and oxygen atoms in total. The number of amides is 3. The molecule has 0 unspecified atom stereocenters. The molecule has 2 aromatic carbocycles. The van der Waals surface area contributed by atoms with Gasteiger partial charge in [-0.2, -0.15) is 5.10 Å². The van der Waals surface area contributed by atoms with Crippen molar-refractivity contribution in [3.05, 3.63) is 84.8 Å². The number of pyridine rings is 1. The highest BCUT2D eigenvalue weighted by Crippen LogP contribution is 2.32. The van der Waals surface area contributed by atoms with Gasteiger partial charge in [0, 0.05) is 36.9 Å². The Kier molecular flexibility index (Phi) is 7.70. The average molecular weight is 499 g/mol. The Morgan fingerprint density at radius 1 is 1.11 bits per heavy atom. The van der Waals surface area contributed by atoms with Crippen molar-refractivity contribution in [3.8, 4) is 11.3 Å². The van der Waals surface area contributed by atoms with Crippen molar-refractivity contribution in [1.82, 2.24) is 20.1 Å². The third kappa shape index (κ3) is 6.06. The van der Waals surface area contributed by atoms with E-state index < -0.39 is 5.91 Å². The molecule has 37 heavy (non-hydrogen) atoms. The molecule has 0 atom stereocenters. The maximum Gasteiger partial charge on any atom is 0.270 e. The second-order valence-corrected chi connectivity index (χ2v) is 8.20. The maximum absolute atomic E-state index is 12.7. The van der Waals surface area contributed by atoms with Crippen LogP contribution in [0.15, 0.2) is 73.6 Å². The molecular weight excluding hydrogens is 472 g/mol. The smallest absolute Gasteiger partial charge is 0.270 e. The number of fused-ring (bicyclic) bond motifs is 1. The molecule has 0 spiro atoms. The monoisotopic (exact) mass is 498 g/mol. The zero-order chi connectivity index (χ0) is 26.4. The average Bonchev–Trinajstić information content (AvgIpc) is 3.32. The fourth-order valence-corrected chi connectivity index (χ4v) is 3.79. The Balaban J connectivity index is 1.56. The fourth-order valence-electron chi connectivity index (χ4n) is 3.79. The van der Waals surface area contributed by atoms with Crippen LogP contribution < -0.4 is 16.0 Å². The van der Waals surface area contributed by atoms with Gasteiger partial charge in [0.1, 0.15) is 5.69 Å². The van der Waals surface area contributed by atoms with Gasteiger partial charge in [-0.25, -0.2) is 4.98 Å². The van der Waals surface area contributed by atoms with E-state index >= 15 is 0 Å². The maximum atomic E-state index is 12.7. The van der Waals surface area contributed by atoms with Crippen LogP contribution in [0, 0.1) is 0 Å². The first-order chi connectivity index (χ1) is 17.9. The summed E-state index contributed by atoms with van der Waals surface area (Å²) in [6, 6.07) is 14.6. The summed E-state index contributed by atoms with van der Waals surface area (Å²) in [6.07, 6.45) is 4.38. The van der Waals surface area contributed by atoms with Crippen molar-refractivity contribution in [2.75, 3.05) is 24.3 Å². The minimum atomic E-state index is -0.481. The summed E-state index contributed by atoms with van der Waals surface area (Å²) in [6.45, 7) is 3.63. The summed E-state index contributed by atoms with van der Waals surface area (Å²) in [5.74, 6) is -1.20. The number of aromatic nitrogens is 3. The zero-order valence-corrected chi connectivity index (χ0v) is 20.4. The predicted octanol–water partition coefficient (Wildman–Crippen LogP) is 3.27. The van der Waals surface area contributed by atoms with Gasteiger partial charge in [-0.15, -0.1) is 0 Å². The Hall–Kier alpha value is -4.83. The van der Waals surface area contributed by atoms with Crippen LogP contribution in [0.2, 0.25) is 0 Å². The lowest BCUT2D eigenvalue weighted by Gasteiger charge is -2.14. The lowest BCUT2D eigenvalue weighted by Crippen LogP contribution is -2.33. The highest BCUT2D eigenvalue weighted by molar-refractivity contribution is 6.08. The van der Waals surface area contributed by atoms with Crippen molar-refractivity contribution in [2.24, 2.45) is 7.05 Å². The van der Waals surface area contributed by atoms with E-state index in [9.17, 15) is 14.4 Å². The molecule has 4 aromatic rings. The molecule has 2 aromatic heterocycles. The molecule has 3 amide bonds. The molecule has 0 aliphatic carbocycles. The van der Waals surface area contributed by atoms with Crippen LogP contribution in [-0.2, 0) is 28.0 Å². The van der Waals surface area contributed by atoms with E-state index in [-0.39, 0.29) is 24.1 Å². The van der Waals surface area contributed by atoms with E-state index in [2.05, 4.69) is 32.6 Å². The van der Waals surface area contributed by atoms with Gasteiger partial charge < -0.3 is 20.7 Å². The molecule has 3 N–H and O–H groups in total. The number of nitrogens with zero attached hydrogens (tertiary/aromatic N) is 3. The van der Waals surface area contributed by atoms with Crippen LogP contribution in [-0.4, -0.2) is 46.1 Å². The third-order valence-corrected chi connectivity index (χ3v) is 5.52. The molecule has 0 saturated carbocycles. The number of hydrogen-bond acceptors (Lipinski definition) is 6. The number of methoxy groups -OCH3 is 1. The highest BCUT2D eigenvalue weighted by atomic mass is 16.5. The Bertz CT molecular complexity index is 1490. The molecular formula is C27H26N6O4. The summed E-state index contributed by atoms with van der Waals surface area (Å²) in [7, 11) is 3.32. The largest absolute Gasteiger partial charge is 0.380 e. The van der Waals surface area contributed by atoms with Gasteiger partial charge in [-0.05, 0) is 29.7 Å². The molecule has 0 radical (unpaired) electrons. The van der Waals surface area contributed by atoms with Crippen molar-refractivity contribution in [2.45, 2.75) is 6.61 Å². The van der Waals surface area contributed by atoms with E-state index in [0.717, 1.165) is 21.9 Å². The van der Waals surface area contributed by atoms with Gasteiger partial charge in [0.25, 0.3) is 5.91 Å². The summed E-state index contributed by atoms with van der Waals surface area (Å²) in [5.41, 5.74) is 3.45. The van der Waals surface area contributed by atoms with Crippen molar-refractivity contribution < 1.29 is 19.1 Å². The van der Waals surface area contributed by atoms with E-state index in [0.29, 0.717) is 23.7 Å². The number of carbonyl (C=O) groups excluding carboxylic acids is 3. The first kappa shape index (κ1) is 25.3. The Morgan fingerprint density at radius 3 is 2.65 bits per heavy atom. The van der Waals surface area contributed by atoms with E-state index in [4.69, 9.17) is 4.74 Å². The summed E-state index contributed by atoms with van der Waals surface area (Å²) < 4.78 is 6.86.